The van der Waals surface area contributed by atoms with Gasteiger partial charge < -0.3 is 5.73 Å². The molecule has 2 N–H and O–H groups in total. The zero-order valence-electron chi connectivity index (χ0n) is 10.00. The average molecular weight is 318 g/mol. The molecule has 1 heterocycles. The summed E-state index contributed by atoms with van der Waals surface area (Å²) in [6.45, 7) is 4.33. The first-order valence-corrected chi connectivity index (χ1v) is 7.25. The molecule has 2 atom stereocenters. The molecule has 0 amide bonds. The first-order valence-electron chi connectivity index (χ1n) is 6.08. The Hall–Kier alpha value is -0.0900. The van der Waals surface area contributed by atoms with Crippen LogP contribution in [0.25, 0.3) is 0 Å². The van der Waals surface area contributed by atoms with E-state index in [-0.39, 0.29) is 12.1 Å². The lowest BCUT2D eigenvalue weighted by atomic mass is 9.91. The molecule has 0 bridgehead atoms. The third-order valence-corrected chi connectivity index (χ3v) is 4.42. The van der Waals surface area contributed by atoms with E-state index in [2.05, 4.69) is 27.8 Å². The average Bonchev–Trinajstić information content (AvgIpc) is 2.32. The van der Waals surface area contributed by atoms with Crippen molar-refractivity contribution in [2.75, 3.05) is 13.1 Å². The van der Waals surface area contributed by atoms with Gasteiger partial charge in [0.15, 0.2) is 0 Å². The molecule has 0 radical (unpaired) electrons. The quantitative estimate of drug-likeness (QED) is 0.903. The van der Waals surface area contributed by atoms with Gasteiger partial charge in [0.25, 0.3) is 0 Å². The first-order chi connectivity index (χ1) is 8.13. The number of hydrogen-bond acceptors (Lipinski definition) is 2. The van der Waals surface area contributed by atoms with E-state index in [0.717, 1.165) is 29.0 Å². The highest BCUT2D eigenvalue weighted by molar-refractivity contribution is 9.10. The lowest BCUT2D eigenvalue weighted by molar-refractivity contribution is 0.135. The van der Waals surface area contributed by atoms with Crippen LogP contribution < -0.4 is 5.73 Å². The number of rotatable bonds is 2. The molecule has 1 saturated heterocycles. The van der Waals surface area contributed by atoms with E-state index < -0.39 is 0 Å². The van der Waals surface area contributed by atoms with Gasteiger partial charge in [-0.15, -0.1) is 0 Å². The molecule has 1 aromatic carbocycles. The van der Waals surface area contributed by atoms with Gasteiger partial charge in [-0.05, 0) is 49.7 Å². The molecule has 0 saturated carbocycles. The van der Waals surface area contributed by atoms with E-state index in [0.29, 0.717) is 0 Å². The second-order valence-electron chi connectivity index (χ2n) is 4.55. The first kappa shape index (κ1) is 13.3. The summed E-state index contributed by atoms with van der Waals surface area (Å²) in [5.74, 6) is 0. The monoisotopic (exact) mass is 316 g/mol. The number of nitrogens with two attached hydrogens (primary N) is 1. The van der Waals surface area contributed by atoms with Crippen molar-refractivity contribution in [2.45, 2.75) is 31.8 Å². The van der Waals surface area contributed by atoms with Gasteiger partial charge >= 0.3 is 0 Å². The van der Waals surface area contributed by atoms with E-state index in [9.17, 15) is 0 Å². The topological polar surface area (TPSA) is 29.3 Å². The van der Waals surface area contributed by atoms with Crippen LogP contribution in [0.5, 0.6) is 0 Å². The Morgan fingerprint density at radius 3 is 3.00 bits per heavy atom. The molecule has 1 aliphatic heterocycles. The van der Waals surface area contributed by atoms with Gasteiger partial charge in [0.05, 0.1) is 6.04 Å². The Labute approximate surface area is 116 Å². The minimum absolute atomic E-state index is 0.193. The van der Waals surface area contributed by atoms with Gasteiger partial charge in [0.1, 0.15) is 0 Å². The molecular weight excluding hydrogens is 300 g/mol. The van der Waals surface area contributed by atoms with E-state index in [4.69, 9.17) is 17.3 Å². The summed E-state index contributed by atoms with van der Waals surface area (Å²) < 4.78 is 1.10. The predicted molar refractivity (Wildman–Crippen MR) is 76.3 cm³/mol. The number of likely N-dealkylation sites (tertiary alicyclic amines) is 1. The summed E-state index contributed by atoms with van der Waals surface area (Å²) in [6, 6.07) is 6.41. The molecule has 17 heavy (non-hydrogen) atoms. The molecule has 94 valence electrons. The lowest BCUT2D eigenvalue weighted by Gasteiger charge is -2.40. The molecular formula is C13H18BrClN2. The number of hydrogen-bond donors (Lipinski definition) is 1. The van der Waals surface area contributed by atoms with Gasteiger partial charge in [0.2, 0.25) is 0 Å². The van der Waals surface area contributed by atoms with Crippen LogP contribution in [0.1, 0.15) is 31.4 Å². The summed E-state index contributed by atoms with van der Waals surface area (Å²) in [5.41, 5.74) is 7.50. The third-order valence-electron chi connectivity index (χ3n) is 3.46. The maximum absolute atomic E-state index is 6.29. The highest BCUT2D eigenvalue weighted by Gasteiger charge is 2.30. The fraction of sp³-hybridized carbons (Fsp3) is 0.538. The lowest BCUT2D eigenvalue weighted by Crippen LogP contribution is -2.45. The van der Waals surface area contributed by atoms with E-state index in [1.54, 1.807) is 0 Å². The van der Waals surface area contributed by atoms with Crippen molar-refractivity contribution >= 4 is 27.5 Å². The van der Waals surface area contributed by atoms with Crippen molar-refractivity contribution in [2.24, 2.45) is 5.73 Å². The summed E-state index contributed by atoms with van der Waals surface area (Å²) in [6.07, 6.45) is 2.27. The van der Waals surface area contributed by atoms with Gasteiger partial charge in [0, 0.05) is 15.5 Å². The number of benzene rings is 1. The number of piperidine rings is 1. The van der Waals surface area contributed by atoms with Crippen LogP contribution in [0.4, 0.5) is 0 Å². The van der Waals surface area contributed by atoms with Crippen LogP contribution >= 0.6 is 27.5 Å². The number of likely N-dealkylation sites (N-methyl/N-ethyl adjacent to an activating group) is 1. The van der Waals surface area contributed by atoms with Crippen LogP contribution in [0.15, 0.2) is 22.7 Å². The van der Waals surface area contributed by atoms with Gasteiger partial charge in [-0.25, -0.2) is 0 Å². The van der Waals surface area contributed by atoms with Crippen molar-refractivity contribution in [1.29, 1.82) is 0 Å². The van der Waals surface area contributed by atoms with Gasteiger partial charge in [-0.3, -0.25) is 4.90 Å². The van der Waals surface area contributed by atoms with Gasteiger partial charge in [-0.2, -0.15) is 0 Å². The zero-order valence-corrected chi connectivity index (χ0v) is 12.3. The van der Waals surface area contributed by atoms with Crippen molar-refractivity contribution in [3.05, 3.63) is 33.3 Å². The Balaban J connectivity index is 2.37. The summed E-state index contributed by atoms with van der Waals surface area (Å²) in [7, 11) is 0. The Morgan fingerprint density at radius 1 is 1.53 bits per heavy atom. The number of nitrogens with zero attached hydrogens (tertiary/aromatic N) is 1. The second kappa shape index (κ2) is 5.70. The second-order valence-corrected chi connectivity index (χ2v) is 5.84. The number of halogens is 2. The van der Waals surface area contributed by atoms with E-state index in [1.807, 2.05) is 18.2 Å². The Kier molecular flexibility index (Phi) is 4.47. The van der Waals surface area contributed by atoms with E-state index in [1.165, 1.54) is 12.0 Å². The normalized spacial score (nSPS) is 26.1. The minimum atomic E-state index is 0.193. The molecule has 0 aliphatic carbocycles. The van der Waals surface area contributed by atoms with Crippen molar-refractivity contribution in [3.63, 3.8) is 0 Å². The third kappa shape index (κ3) is 2.84. The maximum atomic E-state index is 6.29. The van der Waals surface area contributed by atoms with Crippen LogP contribution in [-0.2, 0) is 0 Å². The molecule has 2 rings (SSSR count). The SMILES string of the molecule is CCN1CCCC(N)C1c1cc(Cl)ccc1Br. The molecule has 0 aromatic heterocycles. The van der Waals surface area contributed by atoms with Gasteiger partial charge in [-0.1, -0.05) is 34.5 Å². The van der Waals surface area contributed by atoms with Crippen molar-refractivity contribution in [3.8, 4) is 0 Å². The minimum Gasteiger partial charge on any atom is -0.326 e. The molecule has 4 heteroatoms. The molecule has 1 aromatic rings. The van der Waals surface area contributed by atoms with Crippen LogP contribution in [0.2, 0.25) is 5.02 Å². The van der Waals surface area contributed by atoms with Crippen molar-refractivity contribution < 1.29 is 0 Å². The predicted octanol–water partition coefficient (Wildman–Crippen LogP) is 3.59. The highest BCUT2D eigenvalue weighted by Crippen LogP contribution is 2.35. The standard InChI is InChI=1S/C13H18BrClN2/c1-2-17-7-3-4-12(16)13(17)10-8-9(15)5-6-11(10)14/h5-6,8,12-13H,2-4,7,16H2,1H3. The molecule has 1 aliphatic rings. The molecule has 2 unspecified atom stereocenters. The fourth-order valence-corrected chi connectivity index (χ4v) is 3.28. The summed E-state index contributed by atoms with van der Waals surface area (Å²) in [4.78, 5) is 2.44. The maximum Gasteiger partial charge on any atom is 0.0510 e. The summed E-state index contributed by atoms with van der Waals surface area (Å²) in [5, 5.41) is 0.775. The Morgan fingerprint density at radius 2 is 2.29 bits per heavy atom. The van der Waals surface area contributed by atoms with E-state index >= 15 is 0 Å². The molecule has 0 spiro atoms. The fourth-order valence-electron chi connectivity index (χ4n) is 2.62. The summed E-state index contributed by atoms with van der Waals surface area (Å²) >= 11 is 9.70. The Bertz CT molecular complexity index is 397. The van der Waals surface area contributed by atoms with Crippen LogP contribution in [0, 0.1) is 0 Å². The smallest absolute Gasteiger partial charge is 0.0510 e. The largest absolute Gasteiger partial charge is 0.326 e. The highest BCUT2D eigenvalue weighted by atomic mass is 79.9. The molecule has 1 fully saturated rings. The van der Waals surface area contributed by atoms with Crippen LogP contribution in [0.3, 0.4) is 0 Å². The zero-order chi connectivity index (χ0) is 12.4. The van der Waals surface area contributed by atoms with Crippen LogP contribution in [-0.4, -0.2) is 24.0 Å². The van der Waals surface area contributed by atoms with Crippen molar-refractivity contribution in [1.82, 2.24) is 4.90 Å². The molecule has 2 nitrogen and oxygen atoms in total.